The third-order valence-corrected chi connectivity index (χ3v) is 3.84. The van der Waals surface area contributed by atoms with Gasteiger partial charge in [0.05, 0.1) is 6.42 Å². The molecule has 0 unspecified atom stereocenters. The molecule has 2 rings (SSSR count). The number of hydrogen-bond donors (Lipinski definition) is 0. The molecule has 0 aromatic rings. The molecule has 0 aromatic heterocycles. The molecule has 1 aliphatic heterocycles. The highest BCUT2D eigenvalue weighted by Gasteiger charge is 2.49. The Hall–Kier alpha value is -1.39. The average Bonchev–Trinajstić information content (AvgIpc) is 2.71. The molecule has 0 atom stereocenters. The molecular weight excluding hydrogens is 246 g/mol. The average molecular weight is 267 g/mol. The first-order chi connectivity index (χ1) is 8.73. The van der Waals surface area contributed by atoms with Crippen LogP contribution in [0.4, 0.5) is 4.79 Å². The lowest BCUT2D eigenvalue weighted by Gasteiger charge is -2.38. The standard InChI is InChI=1S/C14H21NO4/c1-13(2,3)19-12(18)15-9-14(6-4-5-7-14)10(16)8-11(15)17/h4-9H2,1-3H3. The van der Waals surface area contributed by atoms with E-state index in [1.54, 1.807) is 20.8 Å². The van der Waals surface area contributed by atoms with Gasteiger partial charge in [0.15, 0.2) is 0 Å². The highest BCUT2D eigenvalue weighted by Crippen LogP contribution is 2.43. The number of ether oxygens (including phenoxy) is 1. The highest BCUT2D eigenvalue weighted by molar-refractivity contribution is 6.08. The van der Waals surface area contributed by atoms with Crippen molar-refractivity contribution in [3.05, 3.63) is 0 Å². The summed E-state index contributed by atoms with van der Waals surface area (Å²) in [6, 6.07) is 0. The Morgan fingerprint density at radius 2 is 1.79 bits per heavy atom. The summed E-state index contributed by atoms with van der Waals surface area (Å²) in [5.41, 5.74) is -1.13. The van der Waals surface area contributed by atoms with Crippen LogP contribution in [0.25, 0.3) is 0 Å². The van der Waals surface area contributed by atoms with Crippen molar-refractivity contribution in [3.8, 4) is 0 Å². The van der Waals surface area contributed by atoms with Gasteiger partial charge in [-0.25, -0.2) is 9.69 Å². The first-order valence-corrected chi connectivity index (χ1v) is 6.80. The van der Waals surface area contributed by atoms with E-state index in [9.17, 15) is 14.4 Å². The third-order valence-electron chi connectivity index (χ3n) is 3.84. The number of piperidine rings is 1. The van der Waals surface area contributed by atoms with Crippen LogP contribution in [0.3, 0.4) is 0 Å². The Labute approximate surface area is 113 Å². The summed E-state index contributed by atoms with van der Waals surface area (Å²) in [7, 11) is 0. The molecular formula is C14H21NO4. The number of amides is 2. The molecule has 1 saturated heterocycles. The van der Waals surface area contributed by atoms with Crippen molar-refractivity contribution in [2.75, 3.05) is 6.54 Å². The number of carbonyl (C=O) groups is 3. The maximum absolute atomic E-state index is 12.1. The second kappa shape index (κ2) is 4.62. The first kappa shape index (κ1) is 14.0. The largest absolute Gasteiger partial charge is 0.443 e. The van der Waals surface area contributed by atoms with Crippen molar-refractivity contribution >= 4 is 17.8 Å². The van der Waals surface area contributed by atoms with Gasteiger partial charge >= 0.3 is 6.09 Å². The van der Waals surface area contributed by atoms with Crippen molar-refractivity contribution in [3.63, 3.8) is 0 Å². The zero-order valence-electron chi connectivity index (χ0n) is 11.8. The van der Waals surface area contributed by atoms with Crippen LogP contribution in [0, 0.1) is 5.41 Å². The second-order valence-corrected chi connectivity index (χ2v) is 6.55. The second-order valence-electron chi connectivity index (χ2n) is 6.55. The van der Waals surface area contributed by atoms with Crippen LogP contribution in [0.1, 0.15) is 52.9 Å². The zero-order chi connectivity index (χ0) is 14.3. The minimum absolute atomic E-state index is 0.00481. The van der Waals surface area contributed by atoms with Crippen LogP contribution in [0.5, 0.6) is 0 Å². The van der Waals surface area contributed by atoms with E-state index >= 15 is 0 Å². The molecule has 0 N–H and O–H groups in total. The van der Waals surface area contributed by atoms with E-state index in [1.165, 1.54) is 0 Å². The van der Waals surface area contributed by atoms with Crippen LogP contribution in [-0.4, -0.2) is 34.8 Å². The van der Waals surface area contributed by atoms with Crippen LogP contribution in [0.2, 0.25) is 0 Å². The maximum Gasteiger partial charge on any atom is 0.417 e. The fraction of sp³-hybridized carbons (Fsp3) is 0.786. The Bertz CT molecular complexity index is 416. The summed E-state index contributed by atoms with van der Waals surface area (Å²) < 4.78 is 5.24. The Balaban J connectivity index is 2.14. The summed E-state index contributed by atoms with van der Waals surface area (Å²) in [6.07, 6.45) is 2.73. The smallest absolute Gasteiger partial charge is 0.417 e. The molecule has 2 amide bonds. The van der Waals surface area contributed by atoms with Crippen LogP contribution in [-0.2, 0) is 14.3 Å². The van der Waals surface area contributed by atoms with Crippen LogP contribution in [0.15, 0.2) is 0 Å². The van der Waals surface area contributed by atoms with Gasteiger partial charge in [0, 0.05) is 12.0 Å². The summed E-state index contributed by atoms with van der Waals surface area (Å²) in [4.78, 5) is 37.1. The van der Waals surface area contributed by atoms with Crippen molar-refractivity contribution < 1.29 is 19.1 Å². The SMILES string of the molecule is CC(C)(C)OC(=O)N1CC2(CCCC2)C(=O)CC1=O. The van der Waals surface area contributed by atoms with Gasteiger partial charge in [0.25, 0.3) is 0 Å². The molecule has 0 bridgehead atoms. The Morgan fingerprint density at radius 1 is 1.21 bits per heavy atom. The molecule has 5 nitrogen and oxygen atoms in total. The summed E-state index contributed by atoms with van der Waals surface area (Å²) in [6.45, 7) is 5.47. The van der Waals surface area contributed by atoms with Crippen molar-refractivity contribution in [2.24, 2.45) is 5.41 Å². The summed E-state index contributed by atoms with van der Waals surface area (Å²) >= 11 is 0. The molecule has 0 radical (unpaired) electrons. The third kappa shape index (κ3) is 2.80. The molecule has 1 heterocycles. The van der Waals surface area contributed by atoms with E-state index in [0.29, 0.717) is 0 Å². The number of likely N-dealkylation sites (tertiary alicyclic amines) is 1. The van der Waals surface area contributed by atoms with Crippen molar-refractivity contribution in [1.29, 1.82) is 0 Å². The number of nitrogens with zero attached hydrogens (tertiary/aromatic N) is 1. The number of rotatable bonds is 0. The lowest BCUT2D eigenvalue weighted by molar-refractivity contribution is -0.146. The monoisotopic (exact) mass is 267 g/mol. The van der Waals surface area contributed by atoms with Crippen molar-refractivity contribution in [2.45, 2.75) is 58.5 Å². The molecule has 2 fully saturated rings. The number of carbonyl (C=O) groups excluding carboxylic acids is 3. The Morgan fingerprint density at radius 3 is 2.32 bits per heavy atom. The normalized spacial score (nSPS) is 23.0. The van der Waals surface area contributed by atoms with Gasteiger partial charge in [-0.15, -0.1) is 0 Å². The van der Waals surface area contributed by atoms with Crippen LogP contribution >= 0.6 is 0 Å². The van der Waals surface area contributed by atoms with Gasteiger partial charge in [-0.2, -0.15) is 0 Å². The number of hydrogen-bond acceptors (Lipinski definition) is 4. The maximum atomic E-state index is 12.1. The van der Waals surface area contributed by atoms with Gasteiger partial charge in [-0.05, 0) is 33.6 Å². The van der Waals surface area contributed by atoms with Crippen LogP contribution < -0.4 is 0 Å². The van der Waals surface area contributed by atoms with E-state index in [0.717, 1.165) is 30.6 Å². The van der Waals surface area contributed by atoms with Gasteiger partial charge in [-0.3, -0.25) is 9.59 Å². The zero-order valence-corrected chi connectivity index (χ0v) is 11.8. The topological polar surface area (TPSA) is 63.7 Å². The number of Topliss-reactive ketones (excluding diaryl/α,β-unsaturated/α-hetero) is 1. The fourth-order valence-corrected chi connectivity index (χ4v) is 2.87. The van der Waals surface area contributed by atoms with E-state index in [-0.39, 0.29) is 18.7 Å². The lowest BCUT2D eigenvalue weighted by atomic mass is 9.77. The van der Waals surface area contributed by atoms with Gasteiger partial charge in [0.1, 0.15) is 11.4 Å². The molecule has 1 saturated carbocycles. The molecule has 106 valence electrons. The number of imide groups is 1. The molecule has 2 aliphatic rings. The molecule has 1 spiro atoms. The lowest BCUT2D eigenvalue weighted by Crippen LogP contribution is -2.54. The number of ketones is 1. The van der Waals surface area contributed by atoms with Crippen molar-refractivity contribution in [1.82, 2.24) is 4.90 Å². The molecule has 5 heteroatoms. The van der Waals surface area contributed by atoms with E-state index in [1.807, 2.05) is 0 Å². The first-order valence-electron chi connectivity index (χ1n) is 6.80. The highest BCUT2D eigenvalue weighted by atomic mass is 16.6. The summed E-state index contributed by atoms with van der Waals surface area (Å²) in [5, 5.41) is 0. The molecule has 19 heavy (non-hydrogen) atoms. The molecule has 1 aliphatic carbocycles. The fourth-order valence-electron chi connectivity index (χ4n) is 2.87. The van der Waals surface area contributed by atoms with Gasteiger partial charge < -0.3 is 4.74 Å². The van der Waals surface area contributed by atoms with E-state index in [2.05, 4.69) is 0 Å². The van der Waals surface area contributed by atoms with E-state index in [4.69, 9.17) is 4.74 Å². The predicted molar refractivity (Wildman–Crippen MR) is 68.5 cm³/mol. The van der Waals surface area contributed by atoms with E-state index < -0.39 is 23.0 Å². The quantitative estimate of drug-likeness (QED) is 0.632. The van der Waals surface area contributed by atoms with Gasteiger partial charge in [0.2, 0.25) is 5.91 Å². The predicted octanol–water partition coefficient (Wildman–Crippen LogP) is 2.28. The minimum atomic E-state index is -0.637. The minimum Gasteiger partial charge on any atom is -0.443 e. The van der Waals surface area contributed by atoms with Gasteiger partial charge in [-0.1, -0.05) is 12.8 Å². The Kier molecular flexibility index (Phi) is 3.41. The summed E-state index contributed by atoms with van der Waals surface area (Å²) in [5.74, 6) is -0.438. The molecule has 0 aromatic carbocycles.